The van der Waals surface area contributed by atoms with E-state index < -0.39 is 41.8 Å². The van der Waals surface area contributed by atoms with Gasteiger partial charge in [0.15, 0.2) is 0 Å². The normalized spacial score (nSPS) is 29.1. The summed E-state index contributed by atoms with van der Waals surface area (Å²) in [5.41, 5.74) is -1.22. The molecule has 0 aromatic carbocycles. The number of carbonyl (C=O) groups excluding carboxylic acids is 3. The van der Waals surface area contributed by atoms with Crippen molar-refractivity contribution in [3.63, 3.8) is 0 Å². The first kappa shape index (κ1) is 15.2. The van der Waals surface area contributed by atoms with Crippen molar-refractivity contribution in [3.8, 4) is 0 Å². The molecule has 4 amide bonds. The van der Waals surface area contributed by atoms with Crippen LogP contribution in [0.4, 0.5) is 4.79 Å². The molecule has 21 heavy (non-hydrogen) atoms. The highest BCUT2D eigenvalue weighted by Crippen LogP contribution is 2.28. The molecule has 9 heteroatoms. The molecular formula is C12H17N3O6. The Morgan fingerprint density at radius 2 is 2.14 bits per heavy atom. The lowest BCUT2D eigenvalue weighted by atomic mass is 9.85. The van der Waals surface area contributed by atoms with Gasteiger partial charge in [-0.3, -0.25) is 19.3 Å². The Bertz CT molecular complexity index is 507. The molecule has 0 radical (unpaired) electrons. The second-order valence-electron chi connectivity index (χ2n) is 5.48. The van der Waals surface area contributed by atoms with Gasteiger partial charge in [0.1, 0.15) is 18.5 Å². The van der Waals surface area contributed by atoms with Crippen molar-refractivity contribution < 1.29 is 29.0 Å². The summed E-state index contributed by atoms with van der Waals surface area (Å²) in [6, 6.07) is -1.24. The largest absolute Gasteiger partial charge is 0.481 e. The molecule has 0 aromatic heterocycles. The van der Waals surface area contributed by atoms with Crippen LogP contribution in [-0.2, 0) is 19.1 Å². The number of urea groups is 1. The molecule has 0 saturated carbocycles. The summed E-state index contributed by atoms with van der Waals surface area (Å²) in [5.74, 6) is -2.12. The van der Waals surface area contributed by atoms with Gasteiger partial charge in [-0.25, -0.2) is 4.79 Å². The molecule has 0 aliphatic carbocycles. The molecule has 0 spiro atoms. The Kier molecular flexibility index (Phi) is 3.86. The van der Waals surface area contributed by atoms with Gasteiger partial charge >= 0.3 is 12.0 Å². The summed E-state index contributed by atoms with van der Waals surface area (Å²) in [6.07, 6.45) is 0. The number of hydrogen-bond donors (Lipinski definition) is 2. The Morgan fingerprint density at radius 3 is 2.67 bits per heavy atom. The van der Waals surface area contributed by atoms with Crippen molar-refractivity contribution in [2.24, 2.45) is 5.41 Å². The van der Waals surface area contributed by atoms with E-state index in [1.807, 2.05) is 0 Å². The molecule has 2 rings (SSSR count). The summed E-state index contributed by atoms with van der Waals surface area (Å²) < 4.78 is 5.11. The topological polar surface area (TPSA) is 116 Å². The van der Waals surface area contributed by atoms with E-state index in [4.69, 9.17) is 4.74 Å². The smallest absolute Gasteiger partial charge is 0.327 e. The van der Waals surface area contributed by atoms with Crippen LogP contribution in [0.15, 0.2) is 0 Å². The zero-order valence-electron chi connectivity index (χ0n) is 11.8. The Morgan fingerprint density at radius 1 is 1.48 bits per heavy atom. The molecule has 2 aliphatic rings. The predicted octanol–water partition coefficient (Wildman–Crippen LogP) is -1.51. The van der Waals surface area contributed by atoms with Gasteiger partial charge in [0, 0.05) is 7.05 Å². The van der Waals surface area contributed by atoms with Crippen LogP contribution >= 0.6 is 0 Å². The van der Waals surface area contributed by atoms with E-state index in [9.17, 15) is 24.3 Å². The Hall–Kier alpha value is -2.16. The number of rotatable bonds is 4. The number of likely N-dealkylation sites (N-methyl/N-ethyl adjacent to an activating group) is 1. The second-order valence-corrected chi connectivity index (χ2v) is 5.48. The van der Waals surface area contributed by atoms with Crippen LogP contribution in [0.5, 0.6) is 0 Å². The third-order valence-electron chi connectivity index (χ3n) is 3.81. The minimum Gasteiger partial charge on any atom is -0.481 e. The van der Waals surface area contributed by atoms with E-state index in [2.05, 4.69) is 5.32 Å². The van der Waals surface area contributed by atoms with Crippen LogP contribution in [0, 0.1) is 5.41 Å². The lowest BCUT2D eigenvalue weighted by molar-refractivity contribution is -0.149. The lowest BCUT2D eigenvalue weighted by Gasteiger charge is -2.26. The van der Waals surface area contributed by atoms with E-state index in [1.165, 1.54) is 18.9 Å². The molecule has 116 valence electrons. The predicted molar refractivity (Wildman–Crippen MR) is 68.2 cm³/mol. The van der Waals surface area contributed by atoms with E-state index in [-0.39, 0.29) is 19.8 Å². The van der Waals surface area contributed by atoms with E-state index in [0.29, 0.717) is 0 Å². The van der Waals surface area contributed by atoms with Crippen LogP contribution in [0.25, 0.3) is 0 Å². The molecule has 2 atom stereocenters. The van der Waals surface area contributed by atoms with Crippen LogP contribution < -0.4 is 5.32 Å². The Labute approximate surface area is 120 Å². The van der Waals surface area contributed by atoms with Gasteiger partial charge in [0.05, 0.1) is 19.3 Å². The van der Waals surface area contributed by atoms with Gasteiger partial charge in [-0.05, 0) is 6.92 Å². The van der Waals surface area contributed by atoms with Gasteiger partial charge in [0.25, 0.3) is 5.91 Å². The van der Waals surface area contributed by atoms with Gasteiger partial charge < -0.3 is 20.1 Å². The fraction of sp³-hybridized carbons (Fsp3) is 0.667. The highest BCUT2D eigenvalue weighted by molar-refractivity contribution is 6.04. The molecule has 2 fully saturated rings. The zero-order valence-corrected chi connectivity index (χ0v) is 11.8. The summed E-state index contributed by atoms with van der Waals surface area (Å²) in [4.78, 5) is 48.5. The zero-order chi connectivity index (χ0) is 15.8. The molecular weight excluding hydrogens is 282 g/mol. The number of nitrogens with zero attached hydrogens (tertiary/aromatic N) is 2. The maximum absolute atomic E-state index is 11.9. The SMILES string of the molecule is CN1CC(=O)N(CC(=O)NC2COCC2(C)C(=O)O)C1=O. The number of carbonyl (C=O) groups is 4. The van der Waals surface area contributed by atoms with Crippen molar-refractivity contribution in [1.29, 1.82) is 0 Å². The molecule has 2 unspecified atom stereocenters. The molecule has 0 aromatic rings. The standard InChI is InChI=1S/C12H17N3O6/c1-12(10(18)19)6-21-5-7(12)13-8(16)3-15-9(17)4-14(2)11(15)20/h7H,3-6H2,1-2H3,(H,13,16)(H,18,19). The van der Waals surface area contributed by atoms with Gasteiger partial charge in [-0.1, -0.05) is 0 Å². The summed E-state index contributed by atoms with van der Waals surface area (Å²) in [7, 11) is 1.46. The molecule has 0 bridgehead atoms. The van der Waals surface area contributed by atoms with Crippen LogP contribution in [-0.4, -0.2) is 78.1 Å². The fourth-order valence-electron chi connectivity index (χ4n) is 2.29. The molecule has 2 N–H and O–H groups in total. The first-order valence-electron chi connectivity index (χ1n) is 6.41. The Balaban J connectivity index is 1.98. The van der Waals surface area contributed by atoms with Crippen LogP contribution in [0.2, 0.25) is 0 Å². The highest BCUT2D eigenvalue weighted by atomic mass is 16.5. The molecule has 9 nitrogen and oxygen atoms in total. The number of nitrogens with one attached hydrogen (secondary N) is 1. The van der Waals surface area contributed by atoms with Crippen molar-refractivity contribution >= 4 is 23.8 Å². The number of ether oxygens (including phenoxy) is 1. The van der Waals surface area contributed by atoms with Crippen molar-refractivity contribution in [3.05, 3.63) is 0 Å². The maximum Gasteiger partial charge on any atom is 0.327 e. The average Bonchev–Trinajstić information content (AvgIpc) is 2.87. The quantitative estimate of drug-likeness (QED) is 0.609. The second kappa shape index (κ2) is 5.32. The third-order valence-corrected chi connectivity index (χ3v) is 3.81. The number of imide groups is 1. The number of hydrogen-bond acceptors (Lipinski definition) is 5. The summed E-state index contributed by atoms with van der Waals surface area (Å²) >= 11 is 0. The van der Waals surface area contributed by atoms with Crippen molar-refractivity contribution in [2.75, 3.05) is 33.4 Å². The monoisotopic (exact) mass is 299 g/mol. The summed E-state index contributed by atoms with van der Waals surface area (Å²) in [6.45, 7) is 1.07. The number of carboxylic acids is 1. The molecule has 2 saturated heterocycles. The minimum absolute atomic E-state index is 0.00239. The van der Waals surface area contributed by atoms with Gasteiger partial charge in [0.2, 0.25) is 5.91 Å². The van der Waals surface area contributed by atoms with Gasteiger partial charge in [-0.2, -0.15) is 0 Å². The lowest BCUT2D eigenvalue weighted by Crippen LogP contribution is -2.52. The van der Waals surface area contributed by atoms with Crippen LogP contribution in [0.3, 0.4) is 0 Å². The summed E-state index contributed by atoms with van der Waals surface area (Å²) in [5, 5.41) is 11.7. The van der Waals surface area contributed by atoms with Gasteiger partial charge in [-0.15, -0.1) is 0 Å². The fourth-order valence-corrected chi connectivity index (χ4v) is 2.29. The molecule has 2 heterocycles. The first-order chi connectivity index (χ1) is 9.75. The van der Waals surface area contributed by atoms with Crippen molar-refractivity contribution in [2.45, 2.75) is 13.0 Å². The van der Waals surface area contributed by atoms with Crippen molar-refractivity contribution in [1.82, 2.24) is 15.1 Å². The highest BCUT2D eigenvalue weighted by Gasteiger charge is 2.47. The van der Waals surface area contributed by atoms with Crippen LogP contribution in [0.1, 0.15) is 6.92 Å². The first-order valence-corrected chi connectivity index (χ1v) is 6.41. The third kappa shape index (κ3) is 2.68. The maximum atomic E-state index is 11.9. The van der Waals surface area contributed by atoms with E-state index >= 15 is 0 Å². The number of carboxylic acid groups (broad SMARTS) is 1. The minimum atomic E-state index is -1.22. The average molecular weight is 299 g/mol. The number of aliphatic carboxylic acids is 1. The number of amides is 4. The van der Waals surface area contributed by atoms with E-state index in [1.54, 1.807) is 0 Å². The molecule has 2 aliphatic heterocycles. The van der Waals surface area contributed by atoms with E-state index in [0.717, 1.165) is 4.90 Å².